The first-order chi connectivity index (χ1) is 12.1. The summed E-state index contributed by atoms with van der Waals surface area (Å²) < 4.78 is 6.22. The van der Waals surface area contributed by atoms with E-state index in [2.05, 4.69) is 10.3 Å². The number of nitrogens with zero attached hydrogens (tertiary/aromatic N) is 2. The monoisotopic (exact) mass is 357 g/mol. The van der Waals surface area contributed by atoms with Crippen molar-refractivity contribution in [1.29, 1.82) is 0 Å². The maximum atomic E-state index is 12.3. The van der Waals surface area contributed by atoms with Crippen LogP contribution in [0.4, 0.5) is 5.69 Å². The molecule has 1 aromatic carbocycles. The van der Waals surface area contributed by atoms with Gasteiger partial charge >= 0.3 is 5.97 Å². The lowest BCUT2D eigenvalue weighted by molar-refractivity contribution is -0.142. The standard InChI is InChI=1S/C17H15N3O4S/c1-2-24-14(21)9-11-3-5-12(6-4-11)19-15(22)13-10-18-17-20(16(13)23)7-8-25-17/h3-8,10H,2,9H2,1H3,(H,19,22). The third kappa shape index (κ3) is 3.74. The summed E-state index contributed by atoms with van der Waals surface area (Å²) in [5, 5.41) is 4.39. The highest BCUT2D eigenvalue weighted by atomic mass is 32.1. The van der Waals surface area contributed by atoms with Gasteiger partial charge in [0.1, 0.15) is 5.56 Å². The van der Waals surface area contributed by atoms with E-state index in [1.165, 1.54) is 21.9 Å². The van der Waals surface area contributed by atoms with Crippen LogP contribution in [0.25, 0.3) is 4.96 Å². The topological polar surface area (TPSA) is 89.8 Å². The summed E-state index contributed by atoms with van der Waals surface area (Å²) in [5.41, 5.74) is 0.847. The van der Waals surface area contributed by atoms with Gasteiger partial charge in [0.25, 0.3) is 11.5 Å². The number of nitrogens with one attached hydrogen (secondary N) is 1. The van der Waals surface area contributed by atoms with Gasteiger partial charge in [-0.05, 0) is 24.6 Å². The Morgan fingerprint density at radius 3 is 2.76 bits per heavy atom. The number of hydrogen-bond acceptors (Lipinski definition) is 6. The molecule has 0 fully saturated rings. The fraction of sp³-hybridized carbons (Fsp3) is 0.176. The molecular weight excluding hydrogens is 342 g/mol. The van der Waals surface area contributed by atoms with Crippen molar-refractivity contribution in [3.05, 3.63) is 63.5 Å². The highest BCUT2D eigenvalue weighted by molar-refractivity contribution is 7.15. The fourth-order valence-corrected chi connectivity index (χ4v) is 2.94. The van der Waals surface area contributed by atoms with Crippen LogP contribution in [0.1, 0.15) is 22.8 Å². The lowest BCUT2D eigenvalue weighted by Gasteiger charge is -2.06. The van der Waals surface area contributed by atoms with Crippen molar-refractivity contribution < 1.29 is 14.3 Å². The Balaban J connectivity index is 1.73. The van der Waals surface area contributed by atoms with Crippen molar-refractivity contribution in [2.75, 3.05) is 11.9 Å². The highest BCUT2D eigenvalue weighted by Gasteiger charge is 2.14. The van der Waals surface area contributed by atoms with Gasteiger partial charge in [0.05, 0.1) is 13.0 Å². The number of hydrogen-bond donors (Lipinski definition) is 1. The molecule has 0 radical (unpaired) electrons. The van der Waals surface area contributed by atoms with E-state index in [-0.39, 0.29) is 18.0 Å². The van der Waals surface area contributed by atoms with Crippen LogP contribution in [-0.4, -0.2) is 27.9 Å². The first kappa shape index (κ1) is 16.8. The molecule has 0 aliphatic rings. The molecule has 7 nitrogen and oxygen atoms in total. The number of thiazole rings is 1. The van der Waals surface area contributed by atoms with Crippen LogP contribution in [0.5, 0.6) is 0 Å². The molecule has 128 valence electrons. The lowest BCUT2D eigenvalue weighted by Crippen LogP contribution is -2.25. The number of aromatic nitrogens is 2. The summed E-state index contributed by atoms with van der Waals surface area (Å²) >= 11 is 1.32. The molecule has 8 heteroatoms. The molecule has 2 heterocycles. The summed E-state index contributed by atoms with van der Waals surface area (Å²) in [6.07, 6.45) is 3.02. The summed E-state index contributed by atoms with van der Waals surface area (Å²) in [6, 6.07) is 6.78. The second-order valence-electron chi connectivity index (χ2n) is 5.17. The van der Waals surface area contributed by atoms with Gasteiger partial charge in [-0.3, -0.25) is 18.8 Å². The second kappa shape index (κ2) is 7.27. The number of carbonyl (C=O) groups excluding carboxylic acids is 2. The van der Waals surface area contributed by atoms with E-state index in [0.717, 1.165) is 5.56 Å². The largest absolute Gasteiger partial charge is 0.466 e. The molecule has 3 aromatic rings. The molecule has 3 rings (SSSR count). The van der Waals surface area contributed by atoms with E-state index in [4.69, 9.17) is 4.74 Å². The van der Waals surface area contributed by atoms with Gasteiger partial charge in [-0.2, -0.15) is 0 Å². The number of esters is 1. The van der Waals surface area contributed by atoms with Crippen LogP contribution >= 0.6 is 11.3 Å². The molecule has 1 N–H and O–H groups in total. The van der Waals surface area contributed by atoms with Crippen LogP contribution in [0, 0.1) is 0 Å². The van der Waals surface area contributed by atoms with Crippen LogP contribution in [-0.2, 0) is 16.0 Å². The Kier molecular flexibility index (Phi) is 4.90. The molecule has 1 amide bonds. The molecular formula is C17H15N3O4S. The molecule has 0 unspecified atom stereocenters. The average Bonchev–Trinajstić information content (AvgIpc) is 3.07. The Hall–Kier alpha value is -3.00. The Bertz CT molecular complexity index is 975. The van der Waals surface area contributed by atoms with Crippen LogP contribution in [0.3, 0.4) is 0 Å². The number of ether oxygens (including phenoxy) is 1. The van der Waals surface area contributed by atoms with Crippen LogP contribution in [0.15, 0.2) is 46.8 Å². The molecule has 0 aliphatic heterocycles. The number of anilines is 1. The first-order valence-corrected chi connectivity index (χ1v) is 8.47. The Morgan fingerprint density at radius 2 is 2.04 bits per heavy atom. The third-order valence-corrected chi connectivity index (χ3v) is 4.22. The minimum Gasteiger partial charge on any atom is -0.466 e. The summed E-state index contributed by atoms with van der Waals surface area (Å²) in [6.45, 7) is 2.09. The first-order valence-electron chi connectivity index (χ1n) is 7.59. The maximum absolute atomic E-state index is 12.3. The van der Waals surface area contributed by atoms with Gasteiger partial charge in [-0.1, -0.05) is 12.1 Å². The van der Waals surface area contributed by atoms with Crippen LogP contribution in [0.2, 0.25) is 0 Å². The quantitative estimate of drug-likeness (QED) is 0.707. The fourth-order valence-electron chi connectivity index (χ4n) is 2.26. The molecule has 0 spiro atoms. The average molecular weight is 357 g/mol. The number of amides is 1. The van der Waals surface area contributed by atoms with E-state index in [0.29, 0.717) is 17.3 Å². The van der Waals surface area contributed by atoms with Gasteiger partial charge in [0.15, 0.2) is 4.96 Å². The van der Waals surface area contributed by atoms with Crippen molar-refractivity contribution in [3.63, 3.8) is 0 Å². The summed E-state index contributed by atoms with van der Waals surface area (Å²) in [4.78, 5) is 40.7. The molecule has 0 aliphatic carbocycles. The van der Waals surface area contributed by atoms with Crippen molar-refractivity contribution in [1.82, 2.24) is 9.38 Å². The summed E-state index contributed by atoms with van der Waals surface area (Å²) in [5.74, 6) is -0.835. The normalized spacial score (nSPS) is 10.6. The van der Waals surface area contributed by atoms with Gasteiger partial charge < -0.3 is 10.1 Å². The molecule has 0 atom stereocenters. The Labute approximate surface area is 146 Å². The molecule has 2 aromatic heterocycles. The van der Waals surface area contributed by atoms with E-state index < -0.39 is 11.5 Å². The second-order valence-corrected chi connectivity index (χ2v) is 6.04. The zero-order chi connectivity index (χ0) is 17.8. The maximum Gasteiger partial charge on any atom is 0.310 e. The minimum absolute atomic E-state index is 0.0356. The predicted molar refractivity (Wildman–Crippen MR) is 94.1 cm³/mol. The minimum atomic E-state index is -0.531. The van der Waals surface area contributed by atoms with Crippen molar-refractivity contribution in [2.24, 2.45) is 0 Å². The number of rotatable bonds is 5. The van der Waals surface area contributed by atoms with Crippen LogP contribution < -0.4 is 10.9 Å². The lowest BCUT2D eigenvalue weighted by atomic mass is 10.1. The van der Waals surface area contributed by atoms with E-state index in [9.17, 15) is 14.4 Å². The van der Waals surface area contributed by atoms with Crippen molar-refractivity contribution in [3.8, 4) is 0 Å². The van der Waals surface area contributed by atoms with Crippen molar-refractivity contribution >= 4 is 33.9 Å². The van der Waals surface area contributed by atoms with Gasteiger partial charge in [-0.15, -0.1) is 11.3 Å². The predicted octanol–water partition coefficient (Wildman–Crippen LogP) is 2.11. The highest BCUT2D eigenvalue weighted by Crippen LogP contribution is 2.12. The number of fused-ring (bicyclic) bond motifs is 1. The smallest absolute Gasteiger partial charge is 0.310 e. The van der Waals surface area contributed by atoms with Gasteiger partial charge in [0, 0.05) is 23.5 Å². The molecule has 0 saturated carbocycles. The van der Waals surface area contributed by atoms with E-state index in [1.807, 2.05) is 0 Å². The van der Waals surface area contributed by atoms with E-state index in [1.54, 1.807) is 42.8 Å². The number of benzene rings is 1. The third-order valence-electron chi connectivity index (χ3n) is 3.45. The van der Waals surface area contributed by atoms with Crippen molar-refractivity contribution in [2.45, 2.75) is 13.3 Å². The molecule has 25 heavy (non-hydrogen) atoms. The van der Waals surface area contributed by atoms with Gasteiger partial charge in [-0.25, -0.2) is 4.98 Å². The summed E-state index contributed by atoms with van der Waals surface area (Å²) in [7, 11) is 0. The molecule has 0 bridgehead atoms. The zero-order valence-electron chi connectivity index (χ0n) is 13.4. The van der Waals surface area contributed by atoms with E-state index >= 15 is 0 Å². The SMILES string of the molecule is CCOC(=O)Cc1ccc(NC(=O)c2cnc3sccn3c2=O)cc1. The molecule has 0 saturated heterocycles. The van der Waals surface area contributed by atoms with Gasteiger partial charge in [0.2, 0.25) is 0 Å². The zero-order valence-corrected chi connectivity index (χ0v) is 14.2. The Morgan fingerprint density at radius 1 is 1.28 bits per heavy atom. The number of carbonyl (C=O) groups is 2.